The Morgan fingerprint density at radius 3 is 2.16 bits per heavy atom. The van der Waals surface area contributed by atoms with Gasteiger partial charge in [-0.25, -0.2) is 0 Å². The van der Waals surface area contributed by atoms with Crippen molar-refractivity contribution in [2.75, 3.05) is 13.6 Å². The number of rotatable bonds is 3. The van der Waals surface area contributed by atoms with Crippen LogP contribution in [0.3, 0.4) is 0 Å². The molecule has 3 aliphatic rings. The lowest BCUT2D eigenvalue weighted by Crippen LogP contribution is -2.46. The highest BCUT2D eigenvalue weighted by molar-refractivity contribution is 4.94. The summed E-state index contributed by atoms with van der Waals surface area (Å²) in [6, 6.07) is 2.42. The smallest absolute Gasteiger partial charge is 0.0565 e. The zero-order valence-electron chi connectivity index (χ0n) is 12.8. The van der Waals surface area contributed by atoms with Crippen LogP contribution in [0, 0.1) is 5.92 Å². The average molecular weight is 266 g/mol. The summed E-state index contributed by atoms with van der Waals surface area (Å²) in [6.07, 6.45) is 8.91. The lowest BCUT2D eigenvalue weighted by Gasteiger charge is -2.38. The molecular formula is C16H30N2O. The second-order valence-corrected chi connectivity index (χ2v) is 7.22. The summed E-state index contributed by atoms with van der Waals surface area (Å²) in [5.41, 5.74) is 0. The standard InChI is InChI=1S/C16H30N2O/c1-11-6-14(7-12(2)19-11)17-10-13-8-15-4-5-16(9-13)18(15)3/h11-17H,4-10H2,1-3H3. The van der Waals surface area contributed by atoms with E-state index in [1.165, 1.54) is 45.1 Å². The largest absolute Gasteiger partial charge is 0.375 e. The van der Waals surface area contributed by atoms with E-state index in [0.29, 0.717) is 18.2 Å². The Kier molecular flexibility index (Phi) is 4.16. The third-order valence-corrected chi connectivity index (χ3v) is 5.59. The molecule has 3 nitrogen and oxygen atoms in total. The normalized spacial score (nSPS) is 47.5. The maximum Gasteiger partial charge on any atom is 0.0565 e. The Morgan fingerprint density at radius 2 is 1.58 bits per heavy atom. The van der Waals surface area contributed by atoms with Gasteiger partial charge in [0, 0.05) is 18.1 Å². The summed E-state index contributed by atoms with van der Waals surface area (Å²) >= 11 is 0. The fourth-order valence-electron chi connectivity index (χ4n) is 4.60. The SMILES string of the molecule is CC1CC(NCC2CC3CCC(C2)N3C)CC(C)O1. The number of nitrogens with one attached hydrogen (secondary N) is 1. The molecule has 2 bridgehead atoms. The molecule has 19 heavy (non-hydrogen) atoms. The molecule has 3 saturated heterocycles. The minimum atomic E-state index is 0.426. The van der Waals surface area contributed by atoms with Gasteiger partial charge in [0.25, 0.3) is 0 Å². The highest BCUT2D eigenvalue weighted by Crippen LogP contribution is 2.37. The van der Waals surface area contributed by atoms with Gasteiger partial charge < -0.3 is 15.0 Å². The van der Waals surface area contributed by atoms with Gasteiger partial charge in [-0.1, -0.05) is 0 Å². The van der Waals surface area contributed by atoms with E-state index in [0.717, 1.165) is 18.0 Å². The monoisotopic (exact) mass is 266 g/mol. The van der Waals surface area contributed by atoms with Gasteiger partial charge in [-0.2, -0.15) is 0 Å². The second kappa shape index (κ2) is 5.71. The maximum absolute atomic E-state index is 5.82. The van der Waals surface area contributed by atoms with Gasteiger partial charge in [0.05, 0.1) is 12.2 Å². The zero-order chi connectivity index (χ0) is 13.4. The number of nitrogens with zero attached hydrogens (tertiary/aromatic N) is 1. The van der Waals surface area contributed by atoms with E-state index < -0.39 is 0 Å². The van der Waals surface area contributed by atoms with E-state index in [1.54, 1.807) is 0 Å². The van der Waals surface area contributed by atoms with Crippen molar-refractivity contribution in [1.29, 1.82) is 0 Å². The molecule has 0 aromatic carbocycles. The first-order valence-corrected chi connectivity index (χ1v) is 8.22. The molecule has 4 unspecified atom stereocenters. The molecular weight excluding hydrogens is 236 g/mol. The van der Waals surface area contributed by atoms with Gasteiger partial charge in [-0.05, 0) is 71.9 Å². The number of ether oxygens (including phenoxy) is 1. The molecule has 1 N–H and O–H groups in total. The van der Waals surface area contributed by atoms with Crippen LogP contribution >= 0.6 is 0 Å². The van der Waals surface area contributed by atoms with Crippen molar-refractivity contribution in [3.8, 4) is 0 Å². The maximum atomic E-state index is 5.82. The molecule has 0 saturated carbocycles. The van der Waals surface area contributed by atoms with Gasteiger partial charge in [0.1, 0.15) is 0 Å². The lowest BCUT2D eigenvalue weighted by atomic mass is 9.90. The van der Waals surface area contributed by atoms with Crippen LogP contribution in [0.4, 0.5) is 0 Å². The summed E-state index contributed by atoms with van der Waals surface area (Å²) in [6.45, 7) is 5.64. The molecule has 3 fully saturated rings. The van der Waals surface area contributed by atoms with Gasteiger partial charge in [-0.15, -0.1) is 0 Å². The molecule has 0 spiro atoms. The highest BCUT2D eigenvalue weighted by Gasteiger charge is 2.38. The lowest BCUT2D eigenvalue weighted by molar-refractivity contribution is -0.0429. The fourth-order valence-corrected chi connectivity index (χ4v) is 4.60. The molecule has 110 valence electrons. The van der Waals surface area contributed by atoms with Crippen molar-refractivity contribution in [3.05, 3.63) is 0 Å². The van der Waals surface area contributed by atoms with Crippen LogP contribution in [0.2, 0.25) is 0 Å². The molecule has 0 aromatic heterocycles. The fraction of sp³-hybridized carbons (Fsp3) is 1.00. The minimum Gasteiger partial charge on any atom is -0.375 e. The molecule has 3 heterocycles. The molecule has 0 aromatic rings. The Labute approximate surface area is 118 Å². The number of piperidine rings is 1. The van der Waals surface area contributed by atoms with Gasteiger partial charge in [0.2, 0.25) is 0 Å². The van der Waals surface area contributed by atoms with Crippen LogP contribution in [-0.4, -0.2) is 48.8 Å². The predicted molar refractivity (Wildman–Crippen MR) is 78.3 cm³/mol. The molecule has 0 amide bonds. The quantitative estimate of drug-likeness (QED) is 0.849. The third kappa shape index (κ3) is 3.14. The molecule has 4 atom stereocenters. The summed E-state index contributed by atoms with van der Waals surface area (Å²) in [5.74, 6) is 0.905. The van der Waals surface area contributed by atoms with Gasteiger partial charge in [-0.3, -0.25) is 0 Å². The first-order chi connectivity index (χ1) is 9.11. The van der Waals surface area contributed by atoms with Crippen LogP contribution < -0.4 is 5.32 Å². The van der Waals surface area contributed by atoms with Crippen LogP contribution in [0.5, 0.6) is 0 Å². The van der Waals surface area contributed by atoms with E-state index in [1.807, 2.05) is 0 Å². The van der Waals surface area contributed by atoms with Crippen LogP contribution in [0.25, 0.3) is 0 Å². The second-order valence-electron chi connectivity index (χ2n) is 7.22. The van der Waals surface area contributed by atoms with Crippen molar-refractivity contribution in [2.45, 2.75) is 82.7 Å². The predicted octanol–water partition coefficient (Wildman–Crippen LogP) is 2.40. The van der Waals surface area contributed by atoms with Crippen LogP contribution in [0.15, 0.2) is 0 Å². The van der Waals surface area contributed by atoms with Crippen molar-refractivity contribution in [3.63, 3.8) is 0 Å². The van der Waals surface area contributed by atoms with Gasteiger partial charge >= 0.3 is 0 Å². The zero-order valence-corrected chi connectivity index (χ0v) is 12.8. The van der Waals surface area contributed by atoms with E-state index in [2.05, 4.69) is 31.1 Å². The Bertz CT molecular complexity index is 285. The molecule has 3 aliphatic heterocycles. The van der Waals surface area contributed by atoms with Crippen molar-refractivity contribution in [1.82, 2.24) is 10.2 Å². The van der Waals surface area contributed by atoms with Crippen molar-refractivity contribution >= 4 is 0 Å². The summed E-state index contributed by atoms with van der Waals surface area (Å²) in [4.78, 5) is 2.63. The summed E-state index contributed by atoms with van der Waals surface area (Å²) in [5, 5.41) is 3.84. The summed E-state index contributed by atoms with van der Waals surface area (Å²) < 4.78 is 5.82. The summed E-state index contributed by atoms with van der Waals surface area (Å²) in [7, 11) is 2.33. The van der Waals surface area contributed by atoms with Gasteiger partial charge in [0.15, 0.2) is 0 Å². The minimum absolute atomic E-state index is 0.426. The first-order valence-electron chi connectivity index (χ1n) is 8.22. The Balaban J connectivity index is 1.45. The van der Waals surface area contributed by atoms with E-state index in [-0.39, 0.29) is 0 Å². The highest BCUT2D eigenvalue weighted by atomic mass is 16.5. The number of fused-ring (bicyclic) bond motifs is 2. The first kappa shape index (κ1) is 13.8. The Hall–Kier alpha value is -0.120. The molecule has 0 aliphatic carbocycles. The van der Waals surface area contributed by atoms with E-state index in [9.17, 15) is 0 Å². The molecule has 3 rings (SSSR count). The van der Waals surface area contributed by atoms with Crippen molar-refractivity contribution < 1.29 is 4.74 Å². The molecule has 0 radical (unpaired) electrons. The number of hydrogen-bond donors (Lipinski definition) is 1. The number of hydrogen-bond acceptors (Lipinski definition) is 3. The van der Waals surface area contributed by atoms with E-state index in [4.69, 9.17) is 4.74 Å². The van der Waals surface area contributed by atoms with Crippen LogP contribution in [-0.2, 0) is 4.74 Å². The topological polar surface area (TPSA) is 24.5 Å². The van der Waals surface area contributed by atoms with E-state index >= 15 is 0 Å². The van der Waals surface area contributed by atoms with Crippen LogP contribution in [0.1, 0.15) is 52.4 Å². The van der Waals surface area contributed by atoms with Crippen molar-refractivity contribution in [2.24, 2.45) is 5.92 Å². The third-order valence-electron chi connectivity index (χ3n) is 5.59. The Morgan fingerprint density at radius 1 is 1.00 bits per heavy atom. The average Bonchev–Trinajstić information content (AvgIpc) is 2.60. The molecule has 3 heteroatoms.